The number of thioether (sulfide) groups is 1. The van der Waals surface area contributed by atoms with E-state index in [2.05, 4.69) is 58.4 Å². The van der Waals surface area contributed by atoms with Gasteiger partial charge in [0.1, 0.15) is 6.54 Å². The number of aryl methyl sites for hydroxylation is 2. The van der Waals surface area contributed by atoms with Crippen molar-refractivity contribution in [3.63, 3.8) is 0 Å². The number of carbonyl (C=O) groups is 1. The zero-order valence-corrected chi connectivity index (χ0v) is 17.4. The number of carbonyl (C=O) groups excluding carboxylic acids is 1. The molecule has 1 unspecified atom stereocenters. The van der Waals surface area contributed by atoms with Crippen molar-refractivity contribution in [3.8, 4) is 11.3 Å². The van der Waals surface area contributed by atoms with Crippen LogP contribution < -0.4 is 5.32 Å². The largest absolute Gasteiger partial charge is 0.348 e. The van der Waals surface area contributed by atoms with Gasteiger partial charge in [0.25, 0.3) is 0 Å². The second-order valence-corrected chi connectivity index (χ2v) is 9.12. The van der Waals surface area contributed by atoms with E-state index in [4.69, 9.17) is 0 Å². The lowest BCUT2D eigenvalue weighted by Crippen LogP contribution is -2.33. The lowest BCUT2D eigenvalue weighted by molar-refractivity contribution is -0.122. The molecule has 140 valence electrons. The van der Waals surface area contributed by atoms with Crippen LogP contribution in [0.3, 0.4) is 0 Å². The van der Waals surface area contributed by atoms with Crippen molar-refractivity contribution in [2.75, 3.05) is 5.75 Å². The maximum atomic E-state index is 12.8. The first kappa shape index (κ1) is 18.3. The smallest absolute Gasteiger partial charge is 0.240 e. The first-order valence-corrected chi connectivity index (χ1v) is 11.0. The number of hydrogen-bond acceptors (Lipinski definition) is 4. The van der Waals surface area contributed by atoms with Crippen LogP contribution in [0.4, 0.5) is 0 Å². The lowest BCUT2D eigenvalue weighted by Gasteiger charge is -2.26. The molecule has 0 radical (unpaired) electrons. The molecule has 4 nitrogen and oxygen atoms in total. The number of rotatable bonds is 4. The molecule has 4 rings (SSSR count). The summed E-state index contributed by atoms with van der Waals surface area (Å²) in [5, 5.41) is 6.38. The van der Waals surface area contributed by atoms with Gasteiger partial charge in [0, 0.05) is 33.0 Å². The molecule has 1 aromatic carbocycles. The average molecular weight is 398 g/mol. The Morgan fingerprint density at radius 3 is 2.89 bits per heavy atom. The molecule has 6 heteroatoms. The predicted molar refractivity (Wildman–Crippen MR) is 112 cm³/mol. The lowest BCUT2D eigenvalue weighted by atomic mass is 10.0. The van der Waals surface area contributed by atoms with E-state index in [1.54, 1.807) is 11.3 Å². The van der Waals surface area contributed by atoms with Gasteiger partial charge in [-0.05, 0) is 44.9 Å². The molecule has 0 bridgehead atoms. The van der Waals surface area contributed by atoms with Crippen LogP contribution >= 0.6 is 23.1 Å². The van der Waals surface area contributed by atoms with Gasteiger partial charge >= 0.3 is 0 Å². The Kier molecular flexibility index (Phi) is 5.10. The van der Waals surface area contributed by atoms with Crippen LogP contribution in [0.25, 0.3) is 11.3 Å². The summed E-state index contributed by atoms with van der Waals surface area (Å²) in [6.07, 6.45) is 0.973. The molecule has 1 aliphatic heterocycles. The monoisotopic (exact) mass is 397 g/mol. The van der Waals surface area contributed by atoms with E-state index in [0.29, 0.717) is 6.54 Å². The molecule has 0 aliphatic carbocycles. The van der Waals surface area contributed by atoms with Gasteiger partial charge in [0.15, 0.2) is 0 Å². The molecule has 0 saturated heterocycles. The predicted octanol–water partition coefficient (Wildman–Crippen LogP) is 4.89. The van der Waals surface area contributed by atoms with Gasteiger partial charge in [-0.1, -0.05) is 18.2 Å². The van der Waals surface area contributed by atoms with Crippen LogP contribution in [-0.4, -0.2) is 21.2 Å². The van der Waals surface area contributed by atoms with Gasteiger partial charge in [0.2, 0.25) is 5.91 Å². The fourth-order valence-corrected chi connectivity index (χ4v) is 5.40. The summed E-state index contributed by atoms with van der Waals surface area (Å²) in [5.74, 6) is 1.10. The maximum absolute atomic E-state index is 12.8. The van der Waals surface area contributed by atoms with Crippen molar-refractivity contribution in [1.29, 1.82) is 0 Å². The number of nitrogens with zero attached hydrogens (tertiary/aromatic N) is 2. The minimum absolute atomic E-state index is 0.0597. The van der Waals surface area contributed by atoms with Crippen molar-refractivity contribution >= 4 is 29.0 Å². The molecular formula is C21H23N3OS2. The Morgan fingerprint density at radius 2 is 2.11 bits per heavy atom. The summed E-state index contributed by atoms with van der Waals surface area (Å²) in [6, 6.07) is 10.6. The third-order valence-electron chi connectivity index (χ3n) is 5.06. The highest BCUT2D eigenvalue weighted by Crippen LogP contribution is 2.36. The summed E-state index contributed by atoms with van der Waals surface area (Å²) < 4.78 is 2.09. The zero-order chi connectivity index (χ0) is 19.0. The highest BCUT2D eigenvalue weighted by atomic mass is 32.2. The Hall–Kier alpha value is -2.05. The van der Waals surface area contributed by atoms with Gasteiger partial charge in [-0.25, -0.2) is 4.98 Å². The first-order valence-electron chi connectivity index (χ1n) is 9.13. The first-order chi connectivity index (χ1) is 13.0. The molecule has 1 N–H and O–H groups in total. The second kappa shape index (κ2) is 7.52. The molecule has 0 spiro atoms. The van der Waals surface area contributed by atoms with Crippen molar-refractivity contribution in [2.24, 2.45) is 0 Å². The molecule has 1 atom stereocenters. The number of hydrogen-bond donors (Lipinski definition) is 1. The van der Waals surface area contributed by atoms with Gasteiger partial charge < -0.3 is 9.88 Å². The Balaban J connectivity index is 1.52. The van der Waals surface area contributed by atoms with Crippen LogP contribution in [-0.2, 0) is 11.3 Å². The van der Waals surface area contributed by atoms with E-state index in [0.717, 1.165) is 39.8 Å². The van der Waals surface area contributed by atoms with Gasteiger partial charge in [-0.2, -0.15) is 0 Å². The standard InChI is InChI=1S/C21H23N3OS2/c1-13-10-17(19-12-27-15(3)22-19)14(2)24(13)11-21(25)23-18-8-9-26-20-7-5-4-6-16(18)20/h4-7,10,12,18H,8-9,11H2,1-3H3,(H,23,25). The Morgan fingerprint density at radius 1 is 1.30 bits per heavy atom. The van der Waals surface area contributed by atoms with Crippen molar-refractivity contribution in [2.45, 2.75) is 44.7 Å². The van der Waals surface area contributed by atoms with Crippen LogP contribution in [0.15, 0.2) is 40.6 Å². The van der Waals surface area contributed by atoms with Crippen LogP contribution in [0.5, 0.6) is 0 Å². The van der Waals surface area contributed by atoms with Crippen LogP contribution in [0.2, 0.25) is 0 Å². The quantitative estimate of drug-likeness (QED) is 0.682. The van der Waals surface area contributed by atoms with Gasteiger partial charge in [-0.15, -0.1) is 23.1 Å². The highest BCUT2D eigenvalue weighted by Gasteiger charge is 2.23. The fourth-order valence-electron chi connectivity index (χ4n) is 3.67. The van der Waals surface area contributed by atoms with Crippen molar-refractivity contribution in [1.82, 2.24) is 14.9 Å². The molecule has 3 aromatic rings. The third kappa shape index (κ3) is 3.69. The number of nitrogens with one attached hydrogen (secondary N) is 1. The maximum Gasteiger partial charge on any atom is 0.240 e. The SMILES string of the molecule is Cc1nc(-c2cc(C)n(CC(=O)NC3CCSc4ccccc43)c2C)cs1. The molecular weight excluding hydrogens is 374 g/mol. The third-order valence-corrected chi connectivity index (χ3v) is 6.96. The minimum atomic E-state index is 0.0597. The summed E-state index contributed by atoms with van der Waals surface area (Å²) in [6.45, 7) is 6.47. The normalized spacial score (nSPS) is 16.2. The zero-order valence-electron chi connectivity index (χ0n) is 15.8. The van der Waals surface area contributed by atoms with Gasteiger partial charge in [-0.3, -0.25) is 4.79 Å². The van der Waals surface area contributed by atoms with E-state index in [1.807, 2.05) is 24.8 Å². The number of amides is 1. The van der Waals surface area contributed by atoms with E-state index < -0.39 is 0 Å². The second-order valence-electron chi connectivity index (χ2n) is 6.92. The fraction of sp³-hybridized carbons (Fsp3) is 0.333. The molecule has 0 fully saturated rings. The minimum Gasteiger partial charge on any atom is -0.348 e. The van der Waals surface area contributed by atoms with Crippen LogP contribution in [0.1, 0.15) is 34.4 Å². The Labute approximate surface area is 168 Å². The number of fused-ring (bicyclic) bond motifs is 1. The van der Waals surface area contributed by atoms with Gasteiger partial charge in [0.05, 0.1) is 16.7 Å². The number of thiazole rings is 1. The topological polar surface area (TPSA) is 46.9 Å². The summed E-state index contributed by atoms with van der Waals surface area (Å²) in [7, 11) is 0. The molecule has 3 heterocycles. The average Bonchev–Trinajstić information content (AvgIpc) is 3.20. The summed E-state index contributed by atoms with van der Waals surface area (Å²) in [4.78, 5) is 18.7. The highest BCUT2D eigenvalue weighted by molar-refractivity contribution is 7.99. The molecule has 2 aromatic heterocycles. The molecule has 1 aliphatic rings. The van der Waals surface area contributed by atoms with Crippen molar-refractivity contribution in [3.05, 3.63) is 57.7 Å². The Bertz CT molecular complexity index is 989. The molecule has 27 heavy (non-hydrogen) atoms. The summed E-state index contributed by atoms with van der Waals surface area (Å²) >= 11 is 3.52. The van der Waals surface area contributed by atoms with Crippen molar-refractivity contribution < 1.29 is 4.79 Å². The molecule has 0 saturated carbocycles. The van der Waals surface area contributed by atoms with Crippen LogP contribution in [0, 0.1) is 20.8 Å². The number of benzene rings is 1. The number of aromatic nitrogens is 2. The van der Waals surface area contributed by atoms with E-state index in [9.17, 15) is 4.79 Å². The van der Waals surface area contributed by atoms with E-state index in [-0.39, 0.29) is 11.9 Å². The molecule has 1 amide bonds. The van der Waals surface area contributed by atoms with E-state index in [1.165, 1.54) is 10.5 Å². The summed E-state index contributed by atoms with van der Waals surface area (Å²) in [5.41, 5.74) is 5.52. The van der Waals surface area contributed by atoms with E-state index >= 15 is 0 Å².